The Morgan fingerprint density at radius 1 is 0.796 bits per heavy atom. The molecule has 1 aromatic carbocycles. The fraction of sp³-hybridized carbons (Fsp3) is 0.706. The Hall–Kier alpha value is -1.89. The topological polar surface area (TPSA) is 136 Å². The summed E-state index contributed by atoms with van der Waals surface area (Å²) in [5.74, 6) is 1.99. The third kappa shape index (κ3) is 16.3. The number of fused-ring (bicyclic) bond motifs is 1. The van der Waals surface area contributed by atoms with Crippen LogP contribution in [0.25, 0.3) is 11.0 Å². The second-order valence-corrected chi connectivity index (χ2v) is 15.8. The molecule has 1 N–H and O–H groups in total. The van der Waals surface area contributed by atoms with E-state index in [2.05, 4.69) is 10.2 Å². The maximum Gasteiger partial charge on any atom is 0.500 e. The Morgan fingerprint density at radius 2 is 1.37 bits per heavy atom. The van der Waals surface area contributed by atoms with Gasteiger partial charge in [0.25, 0.3) is 0 Å². The maximum absolute atomic E-state index is 13.0. The van der Waals surface area contributed by atoms with Crippen LogP contribution in [-0.2, 0) is 48.3 Å². The van der Waals surface area contributed by atoms with Crippen molar-refractivity contribution >= 4 is 43.1 Å². The highest BCUT2D eigenvalue weighted by atomic mass is 32.2. The molecule has 15 heteroatoms. The standard InChI is InChI=1S/C34H56N2O11SSi/c1-39-49(40-2,41-3)26-8-25-48-24-6-4-5-11-32(37)35-30-9-7-10-31-34(30)29(27-33(38)47-31)28-36-12-14-42-16-18-44-20-22-46-23-21-45-19-17-43-15-13-36/h7,9-10,27H,4-6,8,11-26,28H2,1-3H3,(H,35,37). The molecule has 0 atom stereocenters. The van der Waals surface area contributed by atoms with Gasteiger partial charge in [0.05, 0.1) is 71.8 Å². The molecule has 1 aromatic heterocycles. The molecule has 1 amide bonds. The third-order valence-electron chi connectivity index (χ3n) is 8.01. The first kappa shape index (κ1) is 41.5. The van der Waals surface area contributed by atoms with Gasteiger partial charge in [-0.3, -0.25) is 9.69 Å². The lowest BCUT2D eigenvalue weighted by atomic mass is 10.1. The number of benzene rings is 1. The second kappa shape index (κ2) is 25.1. The summed E-state index contributed by atoms with van der Waals surface area (Å²) in [5, 5.41) is 3.80. The number of hydrogen-bond acceptors (Lipinski definition) is 13. The minimum Gasteiger partial charge on any atom is -0.423 e. The molecule has 1 fully saturated rings. The number of carbonyl (C=O) groups excluding carboxylic acids is 1. The first-order valence-corrected chi connectivity index (χ1v) is 20.3. The van der Waals surface area contributed by atoms with E-state index < -0.39 is 14.4 Å². The second-order valence-electron chi connectivity index (χ2n) is 11.5. The molecule has 0 saturated carbocycles. The van der Waals surface area contributed by atoms with Crippen LogP contribution in [0.4, 0.5) is 5.69 Å². The van der Waals surface area contributed by atoms with Gasteiger partial charge in [0.2, 0.25) is 5.91 Å². The number of anilines is 1. The van der Waals surface area contributed by atoms with Crippen LogP contribution in [0.3, 0.4) is 0 Å². The van der Waals surface area contributed by atoms with Crippen LogP contribution in [0.1, 0.15) is 37.7 Å². The van der Waals surface area contributed by atoms with Gasteiger partial charge in [0.1, 0.15) is 5.58 Å². The van der Waals surface area contributed by atoms with Gasteiger partial charge in [0, 0.05) is 64.9 Å². The van der Waals surface area contributed by atoms with E-state index in [9.17, 15) is 9.59 Å². The molecule has 1 aliphatic rings. The molecular formula is C34H56N2O11SSi. The number of hydrogen-bond donors (Lipinski definition) is 1. The lowest BCUT2D eigenvalue weighted by Crippen LogP contribution is -2.42. The quantitative estimate of drug-likeness (QED) is 0.151. The SMILES string of the molecule is CO[Si](CCCSCCCCCC(=O)Nc1cccc2oc(=O)cc(CN3CCOCCOCCOCCOCCOCC3)c12)(OC)OC. The fourth-order valence-electron chi connectivity index (χ4n) is 5.34. The number of unbranched alkanes of at least 4 members (excludes halogenated alkanes) is 2. The largest absolute Gasteiger partial charge is 0.500 e. The molecule has 1 saturated heterocycles. The van der Waals surface area contributed by atoms with Crippen LogP contribution < -0.4 is 10.9 Å². The number of ether oxygens (including phenoxy) is 5. The molecule has 0 bridgehead atoms. The highest BCUT2D eigenvalue weighted by Gasteiger charge is 2.36. The summed E-state index contributed by atoms with van der Waals surface area (Å²) in [6.45, 7) is 6.61. The molecule has 0 spiro atoms. The van der Waals surface area contributed by atoms with Crippen molar-refractivity contribution in [3.8, 4) is 0 Å². The maximum atomic E-state index is 13.0. The van der Waals surface area contributed by atoms with Gasteiger partial charge in [-0.15, -0.1) is 0 Å². The van der Waals surface area contributed by atoms with Gasteiger partial charge in [-0.1, -0.05) is 12.5 Å². The van der Waals surface area contributed by atoms with Crippen LogP contribution in [0.15, 0.2) is 33.5 Å². The zero-order valence-corrected chi connectivity index (χ0v) is 31.3. The van der Waals surface area contributed by atoms with Crippen molar-refractivity contribution in [1.29, 1.82) is 0 Å². The Labute approximate surface area is 295 Å². The van der Waals surface area contributed by atoms with E-state index in [0.717, 1.165) is 54.2 Å². The summed E-state index contributed by atoms with van der Waals surface area (Å²) in [6, 6.07) is 7.70. The minimum absolute atomic E-state index is 0.0633. The van der Waals surface area contributed by atoms with Crippen molar-refractivity contribution < 1.29 is 46.2 Å². The summed E-state index contributed by atoms with van der Waals surface area (Å²) in [6.07, 6.45) is 4.19. The highest BCUT2D eigenvalue weighted by Crippen LogP contribution is 2.27. The van der Waals surface area contributed by atoms with Gasteiger partial charge in [-0.25, -0.2) is 4.79 Å². The highest BCUT2D eigenvalue weighted by molar-refractivity contribution is 7.99. The number of thioether (sulfide) groups is 1. The lowest BCUT2D eigenvalue weighted by molar-refractivity contribution is -0.116. The van der Waals surface area contributed by atoms with E-state index in [4.69, 9.17) is 41.4 Å². The number of rotatable bonds is 16. The Bertz CT molecular complexity index is 1220. The van der Waals surface area contributed by atoms with Crippen LogP contribution in [0, 0.1) is 0 Å². The van der Waals surface area contributed by atoms with Gasteiger partial charge < -0.3 is 46.7 Å². The first-order valence-electron chi connectivity index (χ1n) is 17.2. The van der Waals surface area contributed by atoms with Crippen molar-refractivity contribution in [3.05, 3.63) is 40.2 Å². The number of amides is 1. The predicted molar refractivity (Wildman–Crippen MR) is 192 cm³/mol. The van der Waals surface area contributed by atoms with Gasteiger partial charge in [0.15, 0.2) is 0 Å². The molecule has 278 valence electrons. The smallest absolute Gasteiger partial charge is 0.423 e. The van der Waals surface area contributed by atoms with Crippen LogP contribution in [-0.4, -0.2) is 132 Å². The van der Waals surface area contributed by atoms with Crippen LogP contribution >= 0.6 is 11.8 Å². The average molecular weight is 729 g/mol. The molecular weight excluding hydrogens is 673 g/mol. The molecule has 13 nitrogen and oxygen atoms in total. The van der Waals surface area contributed by atoms with Gasteiger partial charge >= 0.3 is 14.4 Å². The van der Waals surface area contributed by atoms with Crippen molar-refractivity contribution in [2.45, 2.75) is 44.7 Å². The molecule has 3 rings (SSSR count). The van der Waals surface area contributed by atoms with E-state index in [1.165, 1.54) is 6.07 Å². The van der Waals surface area contributed by atoms with Crippen molar-refractivity contribution in [2.24, 2.45) is 0 Å². The number of nitrogens with one attached hydrogen (secondary N) is 1. The Balaban J connectivity index is 1.52. The van der Waals surface area contributed by atoms with Gasteiger partial charge in [-0.05, 0) is 48.5 Å². The van der Waals surface area contributed by atoms with E-state index in [1.807, 2.05) is 17.8 Å². The average Bonchev–Trinajstić information content (AvgIpc) is 3.10. The predicted octanol–water partition coefficient (Wildman–Crippen LogP) is 4.19. The molecule has 1 aliphatic heterocycles. The summed E-state index contributed by atoms with van der Waals surface area (Å²) >= 11 is 1.90. The zero-order valence-electron chi connectivity index (χ0n) is 29.5. The fourth-order valence-corrected chi connectivity index (χ4v) is 8.28. The number of carbonyl (C=O) groups is 1. The van der Waals surface area contributed by atoms with Crippen molar-refractivity contribution in [1.82, 2.24) is 4.90 Å². The molecule has 0 unspecified atom stereocenters. The first-order chi connectivity index (χ1) is 24.0. The Kier molecular flexibility index (Phi) is 21.3. The monoisotopic (exact) mass is 728 g/mol. The van der Waals surface area contributed by atoms with Crippen molar-refractivity contribution in [2.75, 3.05) is 117 Å². The van der Waals surface area contributed by atoms with Crippen molar-refractivity contribution in [3.63, 3.8) is 0 Å². The summed E-state index contributed by atoms with van der Waals surface area (Å²) in [4.78, 5) is 27.8. The summed E-state index contributed by atoms with van der Waals surface area (Å²) < 4.78 is 50.2. The van der Waals surface area contributed by atoms with Crippen LogP contribution in [0.2, 0.25) is 6.04 Å². The van der Waals surface area contributed by atoms with E-state index in [-0.39, 0.29) is 5.91 Å². The van der Waals surface area contributed by atoms with E-state index in [0.29, 0.717) is 103 Å². The normalized spacial score (nSPS) is 17.0. The third-order valence-corrected chi connectivity index (χ3v) is 12.0. The lowest BCUT2D eigenvalue weighted by Gasteiger charge is -2.24. The number of nitrogens with zero attached hydrogens (tertiary/aromatic N) is 1. The van der Waals surface area contributed by atoms with Gasteiger partial charge in [-0.2, -0.15) is 11.8 Å². The minimum atomic E-state index is -2.50. The molecule has 2 aromatic rings. The zero-order chi connectivity index (χ0) is 35.0. The summed E-state index contributed by atoms with van der Waals surface area (Å²) in [5.41, 5.74) is 1.40. The molecule has 49 heavy (non-hydrogen) atoms. The molecule has 0 radical (unpaired) electrons. The summed E-state index contributed by atoms with van der Waals surface area (Å²) in [7, 11) is 2.42. The van der Waals surface area contributed by atoms with E-state index >= 15 is 0 Å². The Morgan fingerprint density at radius 3 is 1.96 bits per heavy atom. The van der Waals surface area contributed by atoms with Crippen LogP contribution in [0.5, 0.6) is 0 Å². The molecule has 2 heterocycles. The molecule has 0 aliphatic carbocycles. The van der Waals surface area contributed by atoms with E-state index in [1.54, 1.807) is 33.5 Å².